The third kappa shape index (κ3) is 3.92. The summed E-state index contributed by atoms with van der Waals surface area (Å²) in [5.41, 5.74) is -0.636. The molecule has 9 nitrogen and oxygen atoms in total. The van der Waals surface area contributed by atoms with E-state index < -0.39 is 44.1 Å². The average Bonchev–Trinajstić information content (AvgIpc) is 2.54. The predicted molar refractivity (Wildman–Crippen MR) is 80.1 cm³/mol. The maximum Gasteiger partial charge on any atom is 0.326 e. The largest absolute Gasteiger partial charge is 0.468 e. The van der Waals surface area contributed by atoms with Gasteiger partial charge in [0.05, 0.1) is 18.6 Å². The second kappa shape index (κ2) is 7.81. The average molecular weight is 344 g/mol. The zero-order valence-corrected chi connectivity index (χ0v) is 13.1. The van der Waals surface area contributed by atoms with Crippen molar-refractivity contribution < 1.29 is 28.0 Å². The van der Waals surface area contributed by atoms with Crippen LogP contribution in [-0.2, 0) is 19.6 Å². The Labute approximate surface area is 133 Å². The number of nitrogens with zero attached hydrogens (tertiary/aromatic N) is 2. The van der Waals surface area contributed by atoms with Gasteiger partial charge in [0.15, 0.2) is 4.90 Å². The van der Waals surface area contributed by atoms with Crippen LogP contribution in [0.25, 0.3) is 0 Å². The summed E-state index contributed by atoms with van der Waals surface area (Å²) in [5.74, 6) is -0.989. The highest BCUT2D eigenvalue weighted by Gasteiger charge is 2.38. The van der Waals surface area contributed by atoms with E-state index in [1.807, 2.05) is 0 Å². The number of aliphatic hydroxyl groups excluding tert-OH is 1. The Morgan fingerprint density at radius 2 is 2.13 bits per heavy atom. The van der Waals surface area contributed by atoms with E-state index in [-0.39, 0.29) is 6.54 Å². The molecule has 0 fully saturated rings. The molecule has 0 spiro atoms. The van der Waals surface area contributed by atoms with E-state index >= 15 is 0 Å². The number of benzene rings is 1. The zero-order chi connectivity index (χ0) is 17.6. The first kappa shape index (κ1) is 18.7. The van der Waals surface area contributed by atoms with Crippen LogP contribution in [0.4, 0.5) is 5.69 Å². The van der Waals surface area contributed by atoms with Gasteiger partial charge in [-0.15, -0.1) is 6.58 Å². The first-order chi connectivity index (χ1) is 10.8. The first-order valence-electron chi connectivity index (χ1n) is 6.36. The van der Waals surface area contributed by atoms with Gasteiger partial charge >= 0.3 is 5.97 Å². The van der Waals surface area contributed by atoms with E-state index in [0.717, 1.165) is 19.2 Å². The number of ether oxygens (including phenoxy) is 1. The second-order valence-electron chi connectivity index (χ2n) is 4.31. The fraction of sp³-hybridized carbons (Fsp3) is 0.308. The van der Waals surface area contributed by atoms with Crippen molar-refractivity contribution in [2.24, 2.45) is 0 Å². The third-order valence-electron chi connectivity index (χ3n) is 2.95. The van der Waals surface area contributed by atoms with Crippen LogP contribution in [0.5, 0.6) is 0 Å². The standard InChI is InChI=1S/C13H16N2O7S/c1-3-8-14(11(9-16)13(17)22-2)23(20,21)12-7-5-4-6-10(12)15(18)19/h3-7,11,16H,1,8-9H2,2H3/t11-/m0/s1. The van der Waals surface area contributed by atoms with Gasteiger partial charge in [0, 0.05) is 12.6 Å². The number of hydrogen-bond acceptors (Lipinski definition) is 7. The van der Waals surface area contributed by atoms with Crippen LogP contribution in [0.3, 0.4) is 0 Å². The number of carbonyl (C=O) groups is 1. The lowest BCUT2D eigenvalue weighted by molar-refractivity contribution is -0.387. The molecule has 126 valence electrons. The summed E-state index contributed by atoms with van der Waals surface area (Å²) < 4.78 is 30.5. The highest BCUT2D eigenvalue weighted by Crippen LogP contribution is 2.27. The van der Waals surface area contributed by atoms with Crippen LogP contribution in [0.15, 0.2) is 41.8 Å². The second-order valence-corrected chi connectivity index (χ2v) is 6.17. The minimum atomic E-state index is -4.45. The molecule has 0 aliphatic rings. The van der Waals surface area contributed by atoms with Crippen LogP contribution in [-0.4, -0.2) is 55.0 Å². The Balaban J connectivity index is 3.49. The predicted octanol–water partition coefficient (Wildman–Crippen LogP) is 0.305. The van der Waals surface area contributed by atoms with Crippen LogP contribution in [0.2, 0.25) is 0 Å². The molecule has 0 radical (unpaired) electrons. The summed E-state index contributed by atoms with van der Waals surface area (Å²) in [6.45, 7) is 2.21. The number of sulfonamides is 1. The first-order valence-corrected chi connectivity index (χ1v) is 7.80. The molecule has 1 aromatic carbocycles. The number of nitro groups is 1. The van der Waals surface area contributed by atoms with Crippen LogP contribution in [0, 0.1) is 10.1 Å². The van der Waals surface area contributed by atoms with Crippen molar-refractivity contribution >= 4 is 21.7 Å². The lowest BCUT2D eigenvalue weighted by Gasteiger charge is -2.26. The number of aliphatic hydroxyl groups is 1. The molecule has 0 saturated heterocycles. The lowest BCUT2D eigenvalue weighted by atomic mass is 10.3. The molecule has 23 heavy (non-hydrogen) atoms. The number of hydrogen-bond donors (Lipinski definition) is 1. The van der Waals surface area contributed by atoms with Gasteiger partial charge in [0.25, 0.3) is 15.7 Å². The molecule has 0 heterocycles. The molecule has 0 bridgehead atoms. The summed E-state index contributed by atoms with van der Waals surface area (Å²) in [5, 5.41) is 20.4. The number of carbonyl (C=O) groups excluding carboxylic acids is 1. The van der Waals surface area contributed by atoms with Crippen LogP contribution in [0.1, 0.15) is 0 Å². The Bertz CT molecular complexity index is 702. The molecule has 1 aromatic rings. The molecule has 0 aliphatic carbocycles. The van der Waals surface area contributed by atoms with Crippen molar-refractivity contribution in [3.05, 3.63) is 47.0 Å². The Morgan fingerprint density at radius 3 is 2.61 bits per heavy atom. The van der Waals surface area contributed by atoms with E-state index in [0.29, 0.717) is 4.31 Å². The SMILES string of the molecule is C=CCN([C@@H](CO)C(=O)OC)S(=O)(=O)c1ccccc1[N+](=O)[O-]. The van der Waals surface area contributed by atoms with Gasteiger partial charge in [0.2, 0.25) is 0 Å². The van der Waals surface area contributed by atoms with Crippen molar-refractivity contribution in [1.29, 1.82) is 0 Å². The normalized spacial score (nSPS) is 12.7. The van der Waals surface area contributed by atoms with Crippen molar-refractivity contribution in [2.45, 2.75) is 10.9 Å². The Kier molecular flexibility index (Phi) is 6.37. The van der Waals surface area contributed by atoms with E-state index in [4.69, 9.17) is 0 Å². The number of methoxy groups -OCH3 is 1. The molecule has 0 saturated carbocycles. The fourth-order valence-electron chi connectivity index (χ4n) is 1.89. The topological polar surface area (TPSA) is 127 Å². The molecule has 1 N–H and O–H groups in total. The minimum absolute atomic E-state index is 0.339. The van der Waals surface area contributed by atoms with Crippen LogP contribution >= 0.6 is 0 Å². The lowest BCUT2D eigenvalue weighted by Crippen LogP contribution is -2.47. The molecular weight excluding hydrogens is 328 g/mol. The molecule has 10 heteroatoms. The smallest absolute Gasteiger partial charge is 0.326 e. The summed E-state index contributed by atoms with van der Waals surface area (Å²) >= 11 is 0. The van der Waals surface area contributed by atoms with Gasteiger partial charge in [-0.3, -0.25) is 14.9 Å². The van der Waals surface area contributed by atoms with Crippen molar-refractivity contribution in [1.82, 2.24) is 4.31 Å². The Hall–Kier alpha value is -2.30. The van der Waals surface area contributed by atoms with Gasteiger partial charge in [-0.05, 0) is 6.07 Å². The molecule has 0 aromatic heterocycles. The molecule has 0 aliphatic heterocycles. The van der Waals surface area contributed by atoms with Gasteiger partial charge < -0.3 is 9.84 Å². The summed E-state index contributed by atoms with van der Waals surface area (Å²) in [7, 11) is -3.41. The number of para-hydroxylation sites is 1. The van der Waals surface area contributed by atoms with Crippen molar-refractivity contribution in [3.63, 3.8) is 0 Å². The molecule has 1 rings (SSSR count). The third-order valence-corrected chi connectivity index (χ3v) is 4.87. The monoisotopic (exact) mass is 344 g/mol. The Morgan fingerprint density at radius 1 is 1.52 bits per heavy atom. The van der Waals surface area contributed by atoms with Crippen molar-refractivity contribution in [2.75, 3.05) is 20.3 Å². The number of rotatable bonds is 8. The highest BCUT2D eigenvalue weighted by molar-refractivity contribution is 7.89. The quantitative estimate of drug-likeness (QED) is 0.311. The maximum absolute atomic E-state index is 12.7. The summed E-state index contributed by atoms with van der Waals surface area (Å²) in [4.78, 5) is 21.3. The number of nitro benzene ring substituents is 1. The summed E-state index contributed by atoms with van der Waals surface area (Å²) in [6.07, 6.45) is 1.19. The molecule has 1 atom stereocenters. The van der Waals surface area contributed by atoms with Gasteiger partial charge in [-0.1, -0.05) is 18.2 Å². The minimum Gasteiger partial charge on any atom is -0.468 e. The van der Waals surface area contributed by atoms with Gasteiger partial charge in [-0.25, -0.2) is 8.42 Å². The van der Waals surface area contributed by atoms with Crippen LogP contribution < -0.4 is 0 Å². The van der Waals surface area contributed by atoms with Gasteiger partial charge in [-0.2, -0.15) is 4.31 Å². The van der Waals surface area contributed by atoms with E-state index in [2.05, 4.69) is 11.3 Å². The van der Waals surface area contributed by atoms with E-state index in [9.17, 15) is 28.4 Å². The molecule has 0 amide bonds. The maximum atomic E-state index is 12.7. The number of esters is 1. The summed E-state index contributed by atoms with van der Waals surface area (Å²) in [6, 6.07) is 3.18. The molecular formula is C13H16N2O7S. The van der Waals surface area contributed by atoms with E-state index in [1.54, 1.807) is 0 Å². The molecule has 0 unspecified atom stereocenters. The fourth-order valence-corrected chi connectivity index (χ4v) is 3.59. The van der Waals surface area contributed by atoms with Crippen molar-refractivity contribution in [3.8, 4) is 0 Å². The van der Waals surface area contributed by atoms with E-state index in [1.165, 1.54) is 18.2 Å². The zero-order valence-electron chi connectivity index (χ0n) is 12.3. The highest BCUT2D eigenvalue weighted by atomic mass is 32.2. The van der Waals surface area contributed by atoms with Gasteiger partial charge in [0.1, 0.15) is 6.04 Å².